The minimum atomic E-state index is -0.101. The molecule has 0 fully saturated rings. The van der Waals surface area contributed by atoms with E-state index in [0.29, 0.717) is 0 Å². The Balaban J connectivity index is 1.69. The number of fused-ring (bicyclic) bond motifs is 3. The summed E-state index contributed by atoms with van der Waals surface area (Å²) in [5.74, 6) is 0. The van der Waals surface area contributed by atoms with Crippen molar-refractivity contribution in [2.45, 2.75) is 19.3 Å². The second kappa shape index (κ2) is 6.14. The van der Waals surface area contributed by atoms with Crippen LogP contribution >= 0.6 is 0 Å². The van der Waals surface area contributed by atoms with Crippen molar-refractivity contribution < 1.29 is 0 Å². The zero-order valence-electron chi connectivity index (χ0n) is 15.8. The van der Waals surface area contributed by atoms with Crippen molar-refractivity contribution in [3.05, 3.63) is 77.9 Å². The molecule has 3 aromatic rings. The van der Waals surface area contributed by atoms with Crippen molar-refractivity contribution in [1.29, 1.82) is 0 Å². The molecule has 1 aliphatic heterocycles. The molecule has 3 aromatic carbocycles. The van der Waals surface area contributed by atoms with E-state index in [4.69, 9.17) is 4.99 Å². The van der Waals surface area contributed by atoms with Crippen molar-refractivity contribution in [1.82, 2.24) is 0 Å². The van der Waals surface area contributed by atoms with Crippen molar-refractivity contribution in [3.8, 4) is 0 Å². The third kappa shape index (κ3) is 2.72. The topological polar surface area (TPSA) is 15.6 Å². The summed E-state index contributed by atoms with van der Waals surface area (Å²) in [6, 6.07) is 21.5. The van der Waals surface area contributed by atoms with Gasteiger partial charge in [-0.05, 0) is 46.2 Å². The van der Waals surface area contributed by atoms with E-state index in [1.165, 1.54) is 27.6 Å². The lowest BCUT2D eigenvalue weighted by Gasteiger charge is -2.22. The molecule has 0 radical (unpaired) electrons. The minimum Gasteiger partial charge on any atom is -0.378 e. The molecule has 0 atom stereocenters. The van der Waals surface area contributed by atoms with Crippen LogP contribution in [0.3, 0.4) is 0 Å². The Bertz CT molecular complexity index is 1020. The number of hydrogen-bond donors (Lipinski definition) is 0. The Morgan fingerprint density at radius 2 is 1.58 bits per heavy atom. The molecule has 0 aromatic heterocycles. The molecule has 2 heteroatoms. The molecule has 130 valence electrons. The summed E-state index contributed by atoms with van der Waals surface area (Å²) < 4.78 is 0. The van der Waals surface area contributed by atoms with Gasteiger partial charge in [0.2, 0.25) is 0 Å². The predicted octanol–water partition coefficient (Wildman–Crippen LogP) is 5.98. The van der Waals surface area contributed by atoms with Gasteiger partial charge in [0.25, 0.3) is 0 Å². The highest BCUT2D eigenvalue weighted by Gasteiger charge is 2.34. The van der Waals surface area contributed by atoms with E-state index in [9.17, 15) is 0 Å². The van der Waals surface area contributed by atoms with Crippen LogP contribution in [0.5, 0.6) is 0 Å². The maximum absolute atomic E-state index is 4.94. The lowest BCUT2D eigenvalue weighted by atomic mass is 9.79. The molecule has 0 unspecified atom stereocenters. The molecule has 0 N–H and O–H groups in total. The van der Waals surface area contributed by atoms with Gasteiger partial charge >= 0.3 is 0 Å². The third-order valence-electron chi connectivity index (χ3n) is 5.26. The summed E-state index contributed by atoms with van der Waals surface area (Å²) in [7, 11) is 4.12. The number of anilines is 1. The van der Waals surface area contributed by atoms with E-state index in [-0.39, 0.29) is 5.41 Å². The average Bonchev–Trinajstić information content (AvgIpc) is 2.91. The number of rotatable bonds is 3. The first-order valence-corrected chi connectivity index (χ1v) is 9.04. The van der Waals surface area contributed by atoms with Gasteiger partial charge in [0, 0.05) is 25.2 Å². The molecular weight excluding hydrogens is 316 g/mol. The second-order valence-electron chi connectivity index (χ2n) is 7.62. The van der Waals surface area contributed by atoms with Crippen LogP contribution in [-0.4, -0.2) is 19.8 Å². The van der Waals surface area contributed by atoms with Crippen LogP contribution in [0.2, 0.25) is 0 Å². The van der Waals surface area contributed by atoms with Gasteiger partial charge in [-0.2, -0.15) is 0 Å². The van der Waals surface area contributed by atoms with E-state index in [1.807, 2.05) is 0 Å². The third-order valence-corrected chi connectivity index (χ3v) is 5.26. The van der Waals surface area contributed by atoms with E-state index < -0.39 is 0 Å². The van der Waals surface area contributed by atoms with Gasteiger partial charge in [0.1, 0.15) is 0 Å². The lowest BCUT2D eigenvalue weighted by molar-refractivity contribution is 0.747. The fraction of sp³-hybridized carbons (Fsp3) is 0.208. The van der Waals surface area contributed by atoms with E-state index >= 15 is 0 Å². The maximum Gasteiger partial charge on any atom is 0.0681 e. The van der Waals surface area contributed by atoms with Gasteiger partial charge in [-0.3, -0.25) is 4.99 Å². The van der Waals surface area contributed by atoms with Crippen LogP contribution in [0.4, 0.5) is 11.4 Å². The summed E-state index contributed by atoms with van der Waals surface area (Å²) in [4.78, 5) is 7.05. The first kappa shape index (κ1) is 16.6. The Morgan fingerprint density at radius 3 is 2.31 bits per heavy atom. The average molecular weight is 340 g/mol. The fourth-order valence-corrected chi connectivity index (χ4v) is 3.71. The zero-order valence-corrected chi connectivity index (χ0v) is 15.8. The van der Waals surface area contributed by atoms with Crippen molar-refractivity contribution >= 4 is 33.9 Å². The van der Waals surface area contributed by atoms with Gasteiger partial charge in [-0.1, -0.05) is 62.4 Å². The lowest BCUT2D eigenvalue weighted by Crippen LogP contribution is -2.24. The van der Waals surface area contributed by atoms with Crippen molar-refractivity contribution in [2.24, 2.45) is 4.99 Å². The molecule has 0 bridgehead atoms. The number of allylic oxidation sites excluding steroid dienone is 1. The quantitative estimate of drug-likeness (QED) is 0.572. The molecule has 0 amide bonds. The number of hydrogen-bond acceptors (Lipinski definition) is 2. The summed E-state index contributed by atoms with van der Waals surface area (Å²) in [5, 5.41) is 2.58. The molecule has 1 aliphatic rings. The highest BCUT2D eigenvalue weighted by molar-refractivity contribution is 6.13. The summed E-state index contributed by atoms with van der Waals surface area (Å²) in [6.45, 7) is 4.53. The molecule has 0 aliphatic carbocycles. The Hall–Kier alpha value is -2.87. The SMILES string of the molecule is CN(C)c1ccc(/C=C/C2=Nc3ccc4ccccc4c3C2(C)C)cc1. The van der Waals surface area contributed by atoms with Gasteiger partial charge < -0.3 is 4.90 Å². The monoisotopic (exact) mass is 340 g/mol. The fourth-order valence-electron chi connectivity index (χ4n) is 3.71. The van der Waals surface area contributed by atoms with Gasteiger partial charge in [-0.15, -0.1) is 0 Å². The van der Waals surface area contributed by atoms with Gasteiger partial charge in [0.05, 0.1) is 11.4 Å². The Labute approximate surface area is 155 Å². The number of benzene rings is 3. The maximum atomic E-state index is 4.94. The van der Waals surface area contributed by atoms with Crippen molar-refractivity contribution in [3.63, 3.8) is 0 Å². The van der Waals surface area contributed by atoms with E-state index in [2.05, 4.69) is 106 Å². The highest BCUT2D eigenvalue weighted by Crippen LogP contribution is 2.44. The summed E-state index contributed by atoms with van der Waals surface area (Å²) >= 11 is 0. The molecule has 0 spiro atoms. The largest absolute Gasteiger partial charge is 0.378 e. The molecule has 26 heavy (non-hydrogen) atoms. The predicted molar refractivity (Wildman–Crippen MR) is 114 cm³/mol. The van der Waals surface area contributed by atoms with Crippen molar-refractivity contribution in [2.75, 3.05) is 19.0 Å². The molecule has 0 saturated carbocycles. The summed E-state index contributed by atoms with van der Waals surface area (Å²) in [5.41, 5.74) is 5.83. The molecule has 4 rings (SSSR count). The molecular formula is C24H24N2. The van der Waals surface area contributed by atoms with Crippen LogP contribution in [0.25, 0.3) is 16.8 Å². The molecule has 2 nitrogen and oxygen atoms in total. The first-order valence-electron chi connectivity index (χ1n) is 9.04. The number of aliphatic imine (C=N–C) groups is 1. The number of nitrogens with zero attached hydrogens (tertiary/aromatic N) is 2. The Morgan fingerprint density at radius 1 is 0.846 bits per heavy atom. The van der Waals surface area contributed by atoms with E-state index in [0.717, 1.165) is 11.4 Å². The summed E-state index contributed by atoms with van der Waals surface area (Å²) in [6.07, 6.45) is 4.33. The highest BCUT2D eigenvalue weighted by atomic mass is 15.1. The van der Waals surface area contributed by atoms with E-state index in [1.54, 1.807) is 0 Å². The first-order chi connectivity index (χ1) is 12.5. The molecule has 1 heterocycles. The van der Waals surface area contributed by atoms with Gasteiger partial charge in [0.15, 0.2) is 0 Å². The smallest absolute Gasteiger partial charge is 0.0681 e. The standard InChI is InChI=1S/C24H24N2/c1-24(2)22(16-11-17-9-13-19(14-10-17)26(3)4)25-21-15-12-18-7-5-6-8-20(18)23(21)24/h5-16H,1-4H3/b16-11+. The van der Waals surface area contributed by atoms with Crippen LogP contribution in [0, 0.1) is 0 Å². The normalized spacial score (nSPS) is 15.3. The zero-order chi connectivity index (χ0) is 18.3. The van der Waals surface area contributed by atoms with Crippen LogP contribution in [0.1, 0.15) is 25.0 Å². The minimum absolute atomic E-state index is 0.101. The van der Waals surface area contributed by atoms with Crippen LogP contribution < -0.4 is 4.90 Å². The van der Waals surface area contributed by atoms with Gasteiger partial charge in [-0.25, -0.2) is 0 Å². The van der Waals surface area contributed by atoms with Crippen LogP contribution in [-0.2, 0) is 5.41 Å². The van der Waals surface area contributed by atoms with Crippen LogP contribution in [0.15, 0.2) is 71.7 Å². The second-order valence-corrected chi connectivity index (χ2v) is 7.62. The molecule has 0 saturated heterocycles. The Kier molecular flexibility index (Phi) is 3.91.